The Balaban J connectivity index is 2.77. The van der Waals surface area contributed by atoms with E-state index in [4.69, 9.17) is 0 Å². The first-order valence-electron chi connectivity index (χ1n) is 5.29. The van der Waals surface area contributed by atoms with E-state index in [0.29, 0.717) is 0 Å². The molecule has 0 aliphatic rings. The Morgan fingerprint density at radius 2 is 2.19 bits per heavy atom. The maximum absolute atomic E-state index is 11.7. The molecule has 1 N–H and O–H groups in total. The van der Waals surface area contributed by atoms with E-state index in [1.165, 1.54) is 0 Å². The normalized spacial score (nSPS) is 11.4. The first kappa shape index (κ1) is 13.0. The van der Waals surface area contributed by atoms with E-state index in [1.54, 1.807) is 0 Å². The van der Waals surface area contributed by atoms with E-state index >= 15 is 0 Å². The third-order valence-electron chi connectivity index (χ3n) is 2.28. The number of rotatable bonds is 3. The third kappa shape index (κ3) is 3.49. The average Bonchev–Trinajstić information content (AvgIpc) is 2.24. The monoisotopic (exact) mass is 281 g/mol. The standard InChI is InChI=1S/C13H16BrNO/c1-4-5-9(2)13(16)15-11-6-7-12(14)10(3)8-11/h5-8H,4H2,1-3H3,(H,15,16)/b9-5+. The van der Waals surface area contributed by atoms with Crippen LogP contribution in [0.5, 0.6) is 0 Å². The summed E-state index contributed by atoms with van der Waals surface area (Å²) < 4.78 is 1.05. The predicted octanol–water partition coefficient (Wildman–Crippen LogP) is 4.05. The number of amides is 1. The molecule has 0 radical (unpaired) electrons. The summed E-state index contributed by atoms with van der Waals surface area (Å²) in [5.74, 6) is -0.0384. The molecule has 0 saturated carbocycles. The molecular formula is C13H16BrNO. The van der Waals surface area contributed by atoms with Crippen LogP contribution in [0.4, 0.5) is 5.69 Å². The van der Waals surface area contributed by atoms with Gasteiger partial charge in [0.05, 0.1) is 0 Å². The van der Waals surface area contributed by atoms with Gasteiger partial charge in [-0.3, -0.25) is 4.79 Å². The largest absolute Gasteiger partial charge is 0.322 e. The second-order valence-corrected chi connectivity index (χ2v) is 4.57. The number of hydrogen-bond acceptors (Lipinski definition) is 1. The fraction of sp³-hybridized carbons (Fsp3) is 0.308. The first-order chi connectivity index (χ1) is 7.54. The number of aryl methyl sites for hydroxylation is 1. The fourth-order valence-corrected chi connectivity index (χ4v) is 1.60. The van der Waals surface area contributed by atoms with Crippen molar-refractivity contribution >= 4 is 27.5 Å². The maximum Gasteiger partial charge on any atom is 0.250 e. The summed E-state index contributed by atoms with van der Waals surface area (Å²) in [6.45, 7) is 5.83. The van der Waals surface area contributed by atoms with Gasteiger partial charge in [0, 0.05) is 15.7 Å². The summed E-state index contributed by atoms with van der Waals surface area (Å²) in [7, 11) is 0. The second-order valence-electron chi connectivity index (χ2n) is 3.71. The van der Waals surface area contributed by atoms with Crippen molar-refractivity contribution in [3.8, 4) is 0 Å². The Morgan fingerprint density at radius 1 is 1.50 bits per heavy atom. The van der Waals surface area contributed by atoms with Gasteiger partial charge >= 0.3 is 0 Å². The van der Waals surface area contributed by atoms with Crippen LogP contribution in [0.15, 0.2) is 34.3 Å². The molecule has 0 unspecified atom stereocenters. The first-order valence-corrected chi connectivity index (χ1v) is 6.08. The van der Waals surface area contributed by atoms with Crippen LogP contribution in [0, 0.1) is 6.92 Å². The van der Waals surface area contributed by atoms with E-state index in [2.05, 4.69) is 21.2 Å². The molecule has 0 spiro atoms. The van der Waals surface area contributed by atoms with Gasteiger partial charge in [-0.25, -0.2) is 0 Å². The molecule has 0 aromatic heterocycles. The number of hydrogen-bond donors (Lipinski definition) is 1. The van der Waals surface area contributed by atoms with Crippen LogP contribution in [0.2, 0.25) is 0 Å². The molecule has 0 aliphatic heterocycles. The molecule has 0 saturated heterocycles. The summed E-state index contributed by atoms with van der Waals surface area (Å²) in [5, 5.41) is 2.87. The number of benzene rings is 1. The highest BCUT2D eigenvalue weighted by Gasteiger charge is 2.04. The topological polar surface area (TPSA) is 29.1 Å². The van der Waals surface area contributed by atoms with E-state index in [9.17, 15) is 4.79 Å². The second kappa shape index (κ2) is 5.85. The molecule has 1 aromatic carbocycles. The quantitative estimate of drug-likeness (QED) is 0.832. The van der Waals surface area contributed by atoms with Crippen molar-refractivity contribution in [3.63, 3.8) is 0 Å². The van der Waals surface area contributed by atoms with Crippen molar-refractivity contribution < 1.29 is 4.79 Å². The third-order valence-corrected chi connectivity index (χ3v) is 3.17. The van der Waals surface area contributed by atoms with E-state index in [1.807, 2.05) is 45.0 Å². The van der Waals surface area contributed by atoms with E-state index in [0.717, 1.165) is 27.7 Å². The number of nitrogens with one attached hydrogen (secondary N) is 1. The number of carbonyl (C=O) groups excluding carboxylic acids is 1. The molecule has 86 valence electrons. The Labute approximate surface area is 105 Å². The SMILES string of the molecule is CC/C=C(\C)C(=O)Nc1ccc(Br)c(C)c1. The van der Waals surface area contributed by atoms with Crippen LogP contribution in [-0.2, 0) is 4.79 Å². The van der Waals surface area contributed by atoms with Crippen molar-refractivity contribution in [3.05, 3.63) is 39.9 Å². The lowest BCUT2D eigenvalue weighted by Gasteiger charge is -2.07. The molecule has 16 heavy (non-hydrogen) atoms. The fourth-order valence-electron chi connectivity index (χ4n) is 1.35. The Bertz CT molecular complexity index is 424. The lowest BCUT2D eigenvalue weighted by Crippen LogP contribution is -2.12. The van der Waals surface area contributed by atoms with Gasteiger partial charge in [-0.05, 0) is 44.0 Å². The smallest absolute Gasteiger partial charge is 0.250 e. The van der Waals surface area contributed by atoms with Crippen LogP contribution in [-0.4, -0.2) is 5.91 Å². The van der Waals surface area contributed by atoms with Gasteiger partial charge in [0.15, 0.2) is 0 Å². The molecule has 1 aromatic rings. The van der Waals surface area contributed by atoms with Crippen LogP contribution < -0.4 is 5.32 Å². The lowest BCUT2D eigenvalue weighted by molar-refractivity contribution is -0.112. The van der Waals surface area contributed by atoms with Gasteiger partial charge in [-0.15, -0.1) is 0 Å². The molecule has 0 atom stereocenters. The minimum Gasteiger partial charge on any atom is -0.322 e. The Morgan fingerprint density at radius 3 is 2.75 bits per heavy atom. The van der Waals surface area contributed by atoms with Crippen LogP contribution in [0.1, 0.15) is 25.8 Å². The molecule has 3 heteroatoms. The van der Waals surface area contributed by atoms with E-state index in [-0.39, 0.29) is 5.91 Å². The molecule has 2 nitrogen and oxygen atoms in total. The minimum absolute atomic E-state index is 0.0384. The summed E-state index contributed by atoms with van der Waals surface area (Å²) in [6.07, 6.45) is 2.79. The van der Waals surface area contributed by atoms with E-state index < -0.39 is 0 Å². The predicted molar refractivity (Wildman–Crippen MR) is 71.6 cm³/mol. The number of anilines is 1. The molecule has 0 aliphatic carbocycles. The molecule has 0 heterocycles. The summed E-state index contributed by atoms with van der Waals surface area (Å²) in [6, 6.07) is 5.76. The van der Waals surface area contributed by atoms with Gasteiger partial charge in [0.1, 0.15) is 0 Å². The van der Waals surface area contributed by atoms with Crippen LogP contribution in [0.25, 0.3) is 0 Å². The zero-order valence-corrected chi connectivity index (χ0v) is 11.4. The molecule has 1 rings (SSSR count). The molecular weight excluding hydrogens is 266 g/mol. The average molecular weight is 282 g/mol. The van der Waals surface area contributed by atoms with Gasteiger partial charge in [-0.2, -0.15) is 0 Å². The highest BCUT2D eigenvalue weighted by molar-refractivity contribution is 9.10. The summed E-state index contributed by atoms with van der Waals surface area (Å²) in [4.78, 5) is 11.7. The highest BCUT2D eigenvalue weighted by atomic mass is 79.9. The number of halogens is 1. The maximum atomic E-state index is 11.7. The summed E-state index contributed by atoms with van der Waals surface area (Å²) >= 11 is 3.43. The molecule has 0 fully saturated rings. The number of carbonyl (C=O) groups is 1. The van der Waals surface area contributed by atoms with Gasteiger partial charge in [0.25, 0.3) is 5.91 Å². The van der Waals surface area contributed by atoms with Gasteiger partial charge in [0.2, 0.25) is 0 Å². The lowest BCUT2D eigenvalue weighted by atomic mass is 10.2. The van der Waals surface area contributed by atoms with Crippen LogP contribution >= 0.6 is 15.9 Å². The van der Waals surface area contributed by atoms with Crippen molar-refractivity contribution in [1.29, 1.82) is 0 Å². The highest BCUT2D eigenvalue weighted by Crippen LogP contribution is 2.20. The zero-order valence-electron chi connectivity index (χ0n) is 9.80. The van der Waals surface area contributed by atoms with Crippen molar-refractivity contribution in [2.75, 3.05) is 5.32 Å². The summed E-state index contributed by atoms with van der Waals surface area (Å²) in [5.41, 5.74) is 2.69. The Hall–Kier alpha value is -1.09. The van der Waals surface area contributed by atoms with Crippen LogP contribution in [0.3, 0.4) is 0 Å². The van der Waals surface area contributed by atoms with Gasteiger partial charge in [-0.1, -0.05) is 28.9 Å². The number of allylic oxidation sites excluding steroid dienone is 1. The van der Waals surface area contributed by atoms with Crippen molar-refractivity contribution in [2.24, 2.45) is 0 Å². The van der Waals surface area contributed by atoms with Gasteiger partial charge < -0.3 is 5.32 Å². The van der Waals surface area contributed by atoms with Crippen molar-refractivity contribution in [2.45, 2.75) is 27.2 Å². The molecule has 1 amide bonds. The molecule has 0 bridgehead atoms. The minimum atomic E-state index is -0.0384. The van der Waals surface area contributed by atoms with Crippen molar-refractivity contribution in [1.82, 2.24) is 0 Å². The Kier molecular flexibility index (Phi) is 4.74. The zero-order chi connectivity index (χ0) is 12.1.